The quantitative estimate of drug-likeness (QED) is 0.397. The Balaban J connectivity index is 0.00000220. The van der Waals surface area contributed by atoms with Crippen molar-refractivity contribution >= 4 is 41.3 Å². The largest absolute Gasteiger partial charge is 0.357 e. The molecule has 0 unspecified atom stereocenters. The van der Waals surface area contributed by atoms with E-state index in [0.29, 0.717) is 0 Å². The minimum Gasteiger partial charge on any atom is -0.357 e. The third-order valence-corrected chi connectivity index (χ3v) is 4.94. The molecule has 1 saturated carbocycles. The zero-order valence-corrected chi connectivity index (χ0v) is 16.5. The van der Waals surface area contributed by atoms with Gasteiger partial charge in [-0.25, -0.2) is 0 Å². The van der Waals surface area contributed by atoms with Crippen molar-refractivity contribution in [3.05, 3.63) is 22.4 Å². The van der Waals surface area contributed by atoms with Crippen molar-refractivity contribution < 1.29 is 0 Å². The molecule has 0 aliphatic heterocycles. The molecule has 1 aromatic heterocycles. The van der Waals surface area contributed by atoms with Gasteiger partial charge in [0.05, 0.1) is 6.54 Å². The maximum absolute atomic E-state index is 4.76. The maximum Gasteiger partial charge on any atom is 0.191 e. The highest BCUT2D eigenvalue weighted by molar-refractivity contribution is 14.0. The zero-order valence-electron chi connectivity index (χ0n) is 13.3. The van der Waals surface area contributed by atoms with Crippen molar-refractivity contribution in [1.82, 2.24) is 10.6 Å². The van der Waals surface area contributed by atoms with E-state index in [1.165, 1.54) is 24.1 Å². The van der Waals surface area contributed by atoms with E-state index in [1.807, 2.05) is 11.3 Å². The van der Waals surface area contributed by atoms with Gasteiger partial charge < -0.3 is 10.6 Å². The van der Waals surface area contributed by atoms with Crippen LogP contribution in [0.1, 0.15) is 44.9 Å². The molecule has 0 aromatic carbocycles. The van der Waals surface area contributed by atoms with Gasteiger partial charge in [-0.2, -0.15) is 0 Å². The van der Waals surface area contributed by atoms with Crippen molar-refractivity contribution in [2.75, 3.05) is 19.6 Å². The number of hydrogen-bond acceptors (Lipinski definition) is 2. The number of halogens is 1. The maximum atomic E-state index is 4.76. The van der Waals surface area contributed by atoms with Crippen LogP contribution >= 0.6 is 35.3 Å². The van der Waals surface area contributed by atoms with Crippen LogP contribution in [0, 0.1) is 5.92 Å². The highest BCUT2D eigenvalue weighted by Crippen LogP contribution is 2.31. The number of hydrogen-bond donors (Lipinski definition) is 2. The van der Waals surface area contributed by atoms with Crippen LogP contribution in [-0.4, -0.2) is 25.6 Å². The standard InChI is InChI=1S/C16H27N3S.HI/c1-4-17-15(18-10-9-13-7-8-13)19-12-16(2,3)14-6-5-11-20-14;/h5-6,11,13H,4,7-10,12H2,1-3H3,(H2,17,18,19);1H. The molecule has 2 N–H and O–H groups in total. The SMILES string of the molecule is CCNC(=NCC(C)(C)c1cccs1)NCCC1CC1.I. The number of thiophene rings is 1. The molecule has 1 fully saturated rings. The van der Waals surface area contributed by atoms with Gasteiger partial charge in [0.1, 0.15) is 0 Å². The van der Waals surface area contributed by atoms with E-state index in [4.69, 9.17) is 4.99 Å². The number of rotatable bonds is 7. The molecule has 1 aromatic rings. The van der Waals surface area contributed by atoms with Gasteiger partial charge >= 0.3 is 0 Å². The lowest BCUT2D eigenvalue weighted by Crippen LogP contribution is -2.39. The Morgan fingerprint density at radius 2 is 2.14 bits per heavy atom. The topological polar surface area (TPSA) is 36.4 Å². The molecule has 21 heavy (non-hydrogen) atoms. The van der Waals surface area contributed by atoms with Gasteiger partial charge in [-0.3, -0.25) is 4.99 Å². The first-order valence-electron chi connectivity index (χ1n) is 7.68. The smallest absolute Gasteiger partial charge is 0.191 e. The summed E-state index contributed by atoms with van der Waals surface area (Å²) in [6.45, 7) is 9.39. The van der Waals surface area contributed by atoms with E-state index in [2.05, 4.69) is 48.9 Å². The molecule has 0 bridgehead atoms. The van der Waals surface area contributed by atoms with Crippen molar-refractivity contribution in [2.24, 2.45) is 10.9 Å². The minimum atomic E-state index is 0. The van der Waals surface area contributed by atoms with Gasteiger partial charge in [0, 0.05) is 23.4 Å². The van der Waals surface area contributed by atoms with E-state index < -0.39 is 0 Å². The Morgan fingerprint density at radius 3 is 2.71 bits per heavy atom. The van der Waals surface area contributed by atoms with Gasteiger partial charge in [-0.05, 0) is 30.7 Å². The van der Waals surface area contributed by atoms with E-state index in [-0.39, 0.29) is 29.4 Å². The van der Waals surface area contributed by atoms with Crippen LogP contribution in [-0.2, 0) is 5.41 Å². The number of guanidine groups is 1. The predicted molar refractivity (Wildman–Crippen MR) is 104 cm³/mol. The van der Waals surface area contributed by atoms with E-state index >= 15 is 0 Å². The summed E-state index contributed by atoms with van der Waals surface area (Å²) in [6, 6.07) is 4.32. The Kier molecular flexibility index (Phi) is 8.02. The molecule has 120 valence electrons. The highest BCUT2D eigenvalue weighted by Gasteiger charge is 2.22. The normalized spacial score (nSPS) is 15.5. The molecule has 3 nitrogen and oxygen atoms in total. The number of nitrogens with zero attached hydrogens (tertiary/aromatic N) is 1. The molecule has 5 heteroatoms. The first-order valence-corrected chi connectivity index (χ1v) is 8.56. The number of aliphatic imine (C=N–C) groups is 1. The van der Waals surface area contributed by atoms with Gasteiger partial charge in [0.2, 0.25) is 0 Å². The van der Waals surface area contributed by atoms with Gasteiger partial charge in [-0.1, -0.05) is 32.8 Å². The van der Waals surface area contributed by atoms with Crippen molar-refractivity contribution in [2.45, 2.75) is 45.4 Å². The lowest BCUT2D eigenvalue weighted by atomic mass is 9.92. The monoisotopic (exact) mass is 421 g/mol. The van der Waals surface area contributed by atoms with E-state index in [9.17, 15) is 0 Å². The zero-order chi connectivity index (χ0) is 14.4. The van der Waals surface area contributed by atoms with Crippen LogP contribution in [0.25, 0.3) is 0 Å². The van der Waals surface area contributed by atoms with E-state index in [0.717, 1.165) is 31.5 Å². The molecule has 0 amide bonds. The Bertz CT molecular complexity index is 425. The summed E-state index contributed by atoms with van der Waals surface area (Å²) >= 11 is 1.81. The third kappa shape index (κ3) is 6.55. The van der Waals surface area contributed by atoms with Gasteiger partial charge in [0.25, 0.3) is 0 Å². The lowest BCUT2D eigenvalue weighted by molar-refractivity contribution is 0.548. The van der Waals surface area contributed by atoms with Crippen molar-refractivity contribution in [3.63, 3.8) is 0 Å². The average molecular weight is 421 g/mol. The summed E-state index contributed by atoms with van der Waals surface area (Å²) in [5.74, 6) is 1.92. The summed E-state index contributed by atoms with van der Waals surface area (Å²) in [7, 11) is 0. The van der Waals surface area contributed by atoms with Crippen LogP contribution < -0.4 is 10.6 Å². The fraction of sp³-hybridized carbons (Fsp3) is 0.688. The minimum absolute atomic E-state index is 0. The highest BCUT2D eigenvalue weighted by atomic mass is 127. The first kappa shape index (κ1) is 18.7. The van der Waals surface area contributed by atoms with Gasteiger partial charge in [-0.15, -0.1) is 35.3 Å². The summed E-state index contributed by atoms with van der Waals surface area (Å²) in [5, 5.41) is 8.93. The van der Waals surface area contributed by atoms with Crippen molar-refractivity contribution in [1.29, 1.82) is 0 Å². The van der Waals surface area contributed by atoms with Crippen LogP contribution in [0.4, 0.5) is 0 Å². The molecule has 2 rings (SSSR count). The second kappa shape index (κ2) is 8.98. The van der Waals surface area contributed by atoms with Crippen LogP contribution in [0.3, 0.4) is 0 Å². The summed E-state index contributed by atoms with van der Waals surface area (Å²) in [6.07, 6.45) is 4.11. The van der Waals surface area contributed by atoms with Crippen molar-refractivity contribution in [3.8, 4) is 0 Å². The number of nitrogens with one attached hydrogen (secondary N) is 2. The molecular weight excluding hydrogens is 393 g/mol. The molecule has 1 heterocycles. The molecule has 1 aliphatic carbocycles. The summed E-state index contributed by atoms with van der Waals surface area (Å²) in [5.41, 5.74) is 0.104. The average Bonchev–Trinajstić information content (AvgIpc) is 3.06. The molecule has 0 radical (unpaired) electrons. The summed E-state index contributed by atoms with van der Waals surface area (Å²) < 4.78 is 0. The Morgan fingerprint density at radius 1 is 1.38 bits per heavy atom. The third-order valence-electron chi connectivity index (χ3n) is 3.71. The lowest BCUT2D eigenvalue weighted by Gasteiger charge is -2.21. The van der Waals surface area contributed by atoms with Gasteiger partial charge in [0.15, 0.2) is 5.96 Å². The van der Waals surface area contributed by atoms with Crippen LogP contribution in [0.2, 0.25) is 0 Å². The molecule has 0 atom stereocenters. The molecule has 1 aliphatic rings. The molecule has 0 saturated heterocycles. The molecule has 0 spiro atoms. The molecular formula is C16H28IN3S. The Labute approximate surface area is 150 Å². The second-order valence-corrected chi connectivity index (χ2v) is 7.16. The predicted octanol–water partition coefficient (Wildman–Crippen LogP) is 4.00. The van der Waals surface area contributed by atoms with E-state index in [1.54, 1.807) is 0 Å². The first-order chi connectivity index (χ1) is 9.62. The van der Waals surface area contributed by atoms with Crippen LogP contribution in [0.5, 0.6) is 0 Å². The fourth-order valence-electron chi connectivity index (χ4n) is 2.16. The fourth-order valence-corrected chi connectivity index (χ4v) is 3.01. The summed E-state index contributed by atoms with van der Waals surface area (Å²) in [4.78, 5) is 6.16. The second-order valence-electron chi connectivity index (χ2n) is 6.22. The van der Waals surface area contributed by atoms with Crippen LogP contribution in [0.15, 0.2) is 22.5 Å². The Hall–Kier alpha value is -0.300.